The SMILES string of the molecule is CN(C)C1(C(O)c2ccsc2)CCCCC1. The number of aliphatic hydroxyl groups is 1. The number of hydrogen-bond acceptors (Lipinski definition) is 3. The average Bonchev–Trinajstić information content (AvgIpc) is 2.82. The Morgan fingerprint density at radius 2 is 2.00 bits per heavy atom. The second-order valence-electron chi connectivity index (χ2n) is 5.02. The minimum absolute atomic E-state index is 0.0423. The van der Waals surface area contributed by atoms with Crippen LogP contribution in [0.1, 0.15) is 43.8 Å². The third kappa shape index (κ3) is 2.04. The molecule has 0 spiro atoms. The molecule has 1 aliphatic rings. The average molecular weight is 239 g/mol. The van der Waals surface area contributed by atoms with Crippen LogP contribution in [-0.2, 0) is 0 Å². The minimum Gasteiger partial charge on any atom is -0.386 e. The summed E-state index contributed by atoms with van der Waals surface area (Å²) in [7, 11) is 4.20. The van der Waals surface area contributed by atoms with Gasteiger partial charge in [0.25, 0.3) is 0 Å². The van der Waals surface area contributed by atoms with E-state index in [0.717, 1.165) is 18.4 Å². The molecule has 2 nitrogen and oxygen atoms in total. The van der Waals surface area contributed by atoms with Crippen molar-refractivity contribution in [1.82, 2.24) is 4.90 Å². The van der Waals surface area contributed by atoms with E-state index in [4.69, 9.17) is 0 Å². The summed E-state index contributed by atoms with van der Waals surface area (Å²) in [6.45, 7) is 0. The number of hydrogen-bond donors (Lipinski definition) is 1. The molecule has 0 amide bonds. The van der Waals surface area contributed by atoms with E-state index in [9.17, 15) is 5.11 Å². The van der Waals surface area contributed by atoms with Gasteiger partial charge in [-0.3, -0.25) is 0 Å². The molecule has 0 saturated heterocycles. The van der Waals surface area contributed by atoms with E-state index in [-0.39, 0.29) is 11.6 Å². The van der Waals surface area contributed by atoms with Gasteiger partial charge >= 0.3 is 0 Å². The largest absolute Gasteiger partial charge is 0.386 e. The molecule has 0 bridgehead atoms. The van der Waals surface area contributed by atoms with Gasteiger partial charge in [-0.1, -0.05) is 19.3 Å². The smallest absolute Gasteiger partial charge is 0.0981 e. The molecule has 0 aliphatic heterocycles. The normalized spacial score (nSPS) is 22.2. The summed E-state index contributed by atoms with van der Waals surface area (Å²) < 4.78 is 0. The lowest BCUT2D eigenvalue weighted by molar-refractivity contribution is -0.0333. The van der Waals surface area contributed by atoms with Crippen LogP contribution < -0.4 is 0 Å². The van der Waals surface area contributed by atoms with Crippen molar-refractivity contribution in [3.8, 4) is 0 Å². The van der Waals surface area contributed by atoms with Crippen molar-refractivity contribution in [3.63, 3.8) is 0 Å². The number of rotatable bonds is 3. The highest BCUT2D eigenvalue weighted by molar-refractivity contribution is 7.07. The van der Waals surface area contributed by atoms with Gasteiger partial charge in [0.05, 0.1) is 11.6 Å². The van der Waals surface area contributed by atoms with E-state index < -0.39 is 0 Å². The van der Waals surface area contributed by atoms with Crippen LogP contribution in [0.5, 0.6) is 0 Å². The van der Waals surface area contributed by atoms with E-state index in [1.807, 2.05) is 5.38 Å². The summed E-state index contributed by atoms with van der Waals surface area (Å²) in [5, 5.41) is 14.7. The standard InChI is InChI=1S/C13H21NOS/c1-14(2)13(7-4-3-5-8-13)12(15)11-6-9-16-10-11/h6,9-10,12,15H,3-5,7-8H2,1-2H3. The van der Waals surface area contributed by atoms with Crippen LogP contribution in [0.15, 0.2) is 16.8 Å². The van der Waals surface area contributed by atoms with Gasteiger partial charge in [-0.2, -0.15) is 11.3 Å². The Bertz CT molecular complexity index is 315. The molecule has 16 heavy (non-hydrogen) atoms. The van der Waals surface area contributed by atoms with Crippen molar-refractivity contribution < 1.29 is 5.11 Å². The molecule has 2 rings (SSSR count). The fourth-order valence-corrected chi connectivity index (χ4v) is 3.55. The lowest BCUT2D eigenvalue weighted by Gasteiger charge is -2.46. The summed E-state index contributed by atoms with van der Waals surface area (Å²) in [4.78, 5) is 2.23. The number of thiophene rings is 1. The first-order valence-electron chi connectivity index (χ1n) is 6.04. The molecular formula is C13H21NOS. The van der Waals surface area contributed by atoms with Gasteiger partial charge in [0.1, 0.15) is 0 Å². The zero-order chi connectivity index (χ0) is 11.6. The summed E-state index contributed by atoms with van der Waals surface area (Å²) in [6, 6.07) is 2.05. The molecule has 1 N–H and O–H groups in total. The predicted octanol–water partition coefficient (Wildman–Crippen LogP) is 3.05. The molecule has 1 atom stereocenters. The van der Waals surface area contributed by atoms with Crippen molar-refractivity contribution in [2.45, 2.75) is 43.7 Å². The molecular weight excluding hydrogens is 218 g/mol. The molecule has 1 aromatic heterocycles. The highest BCUT2D eigenvalue weighted by Gasteiger charge is 2.41. The van der Waals surface area contributed by atoms with E-state index in [2.05, 4.69) is 30.4 Å². The monoisotopic (exact) mass is 239 g/mol. The van der Waals surface area contributed by atoms with Crippen LogP contribution in [0.2, 0.25) is 0 Å². The van der Waals surface area contributed by atoms with Gasteiger partial charge in [0.2, 0.25) is 0 Å². The Morgan fingerprint density at radius 3 is 2.50 bits per heavy atom. The Kier molecular flexibility index (Phi) is 3.67. The molecule has 0 aromatic carbocycles. The van der Waals surface area contributed by atoms with Crippen LogP contribution in [-0.4, -0.2) is 29.6 Å². The maximum atomic E-state index is 10.6. The summed E-state index contributed by atoms with van der Waals surface area (Å²) in [5.41, 5.74) is 1.04. The predicted molar refractivity (Wildman–Crippen MR) is 68.8 cm³/mol. The van der Waals surface area contributed by atoms with E-state index in [1.165, 1.54) is 19.3 Å². The van der Waals surface area contributed by atoms with Gasteiger partial charge in [-0.25, -0.2) is 0 Å². The summed E-state index contributed by atoms with van der Waals surface area (Å²) in [6.07, 6.45) is 5.66. The van der Waals surface area contributed by atoms with Gasteiger partial charge in [0.15, 0.2) is 0 Å². The van der Waals surface area contributed by atoms with Gasteiger partial charge in [-0.05, 0) is 49.3 Å². The highest BCUT2D eigenvalue weighted by Crippen LogP contribution is 2.42. The first-order valence-corrected chi connectivity index (χ1v) is 6.99. The van der Waals surface area contributed by atoms with Crippen molar-refractivity contribution in [2.24, 2.45) is 0 Å². The van der Waals surface area contributed by atoms with Crippen LogP contribution in [0.3, 0.4) is 0 Å². The maximum Gasteiger partial charge on any atom is 0.0981 e. The van der Waals surface area contributed by atoms with Crippen molar-refractivity contribution in [2.75, 3.05) is 14.1 Å². The first kappa shape index (κ1) is 12.1. The number of nitrogens with zero attached hydrogens (tertiary/aromatic N) is 1. The van der Waals surface area contributed by atoms with E-state index in [0.29, 0.717) is 0 Å². The molecule has 90 valence electrons. The van der Waals surface area contributed by atoms with Gasteiger partial charge in [-0.15, -0.1) is 0 Å². The van der Waals surface area contributed by atoms with Crippen molar-refractivity contribution in [3.05, 3.63) is 22.4 Å². The molecule has 1 saturated carbocycles. The fraction of sp³-hybridized carbons (Fsp3) is 0.692. The lowest BCUT2D eigenvalue weighted by atomic mass is 9.75. The molecule has 1 heterocycles. The van der Waals surface area contributed by atoms with E-state index >= 15 is 0 Å². The second kappa shape index (κ2) is 4.86. The molecule has 1 unspecified atom stereocenters. The molecule has 0 radical (unpaired) electrons. The number of likely N-dealkylation sites (N-methyl/N-ethyl adjacent to an activating group) is 1. The van der Waals surface area contributed by atoms with Crippen molar-refractivity contribution in [1.29, 1.82) is 0 Å². The zero-order valence-corrected chi connectivity index (χ0v) is 11.0. The van der Waals surface area contributed by atoms with Gasteiger partial charge in [0, 0.05) is 0 Å². The second-order valence-corrected chi connectivity index (χ2v) is 5.80. The summed E-state index contributed by atoms with van der Waals surface area (Å²) in [5.74, 6) is 0. The van der Waals surface area contributed by atoms with Crippen LogP contribution in [0, 0.1) is 0 Å². The molecule has 1 fully saturated rings. The fourth-order valence-electron chi connectivity index (χ4n) is 2.87. The minimum atomic E-state index is -0.339. The Morgan fingerprint density at radius 1 is 1.31 bits per heavy atom. The van der Waals surface area contributed by atoms with Crippen LogP contribution >= 0.6 is 11.3 Å². The highest BCUT2D eigenvalue weighted by atomic mass is 32.1. The molecule has 3 heteroatoms. The lowest BCUT2D eigenvalue weighted by Crippen LogP contribution is -2.50. The Labute approximate surface area is 102 Å². The topological polar surface area (TPSA) is 23.5 Å². The van der Waals surface area contributed by atoms with E-state index in [1.54, 1.807) is 11.3 Å². The Balaban J connectivity index is 2.25. The molecule has 1 aliphatic carbocycles. The third-order valence-electron chi connectivity index (χ3n) is 3.98. The number of aliphatic hydroxyl groups excluding tert-OH is 1. The maximum absolute atomic E-state index is 10.6. The summed E-state index contributed by atoms with van der Waals surface area (Å²) >= 11 is 1.66. The zero-order valence-electron chi connectivity index (χ0n) is 10.1. The first-order chi connectivity index (χ1) is 7.67. The van der Waals surface area contributed by atoms with Crippen molar-refractivity contribution >= 4 is 11.3 Å². The third-order valence-corrected chi connectivity index (χ3v) is 4.68. The van der Waals surface area contributed by atoms with Crippen LogP contribution in [0.4, 0.5) is 0 Å². The molecule has 1 aromatic rings. The Hall–Kier alpha value is -0.380. The van der Waals surface area contributed by atoms with Gasteiger partial charge < -0.3 is 10.0 Å². The van der Waals surface area contributed by atoms with Crippen LogP contribution in [0.25, 0.3) is 0 Å². The quantitative estimate of drug-likeness (QED) is 0.876.